The molecular formula is C17H19N3O3. The summed E-state index contributed by atoms with van der Waals surface area (Å²) in [5.41, 5.74) is 2.37. The molecule has 0 spiro atoms. The van der Waals surface area contributed by atoms with Crippen LogP contribution in [0.15, 0.2) is 53.0 Å². The van der Waals surface area contributed by atoms with Crippen molar-refractivity contribution in [1.82, 2.24) is 5.32 Å². The van der Waals surface area contributed by atoms with Gasteiger partial charge in [0, 0.05) is 31.6 Å². The maximum atomic E-state index is 11.1. The SMILES string of the molecule is CN=C/C=C(Nc1ccc(C=O)c(/C=C\NC)c1)\C(C=O)=C/O. The van der Waals surface area contributed by atoms with E-state index in [4.69, 9.17) is 5.11 Å². The maximum Gasteiger partial charge on any atom is 0.155 e. The molecule has 0 fully saturated rings. The molecule has 1 aromatic carbocycles. The Morgan fingerprint density at radius 2 is 2.04 bits per heavy atom. The standard InChI is InChI=1S/C17H19N3O3/c1-18-7-5-13-9-16(4-3-14(13)10-21)20-17(6-8-19-2)15(11-22)12-23/h3-12,18,20,22H,1-2H3/b7-5-,15-11-,17-6+,19-8?. The number of rotatable bonds is 8. The molecule has 0 aliphatic carbocycles. The van der Waals surface area contributed by atoms with Gasteiger partial charge in [0.05, 0.1) is 17.5 Å². The number of aliphatic hydroxyl groups excluding tert-OH is 1. The second-order valence-corrected chi connectivity index (χ2v) is 4.40. The van der Waals surface area contributed by atoms with Gasteiger partial charge in [0.15, 0.2) is 12.6 Å². The summed E-state index contributed by atoms with van der Waals surface area (Å²) >= 11 is 0. The van der Waals surface area contributed by atoms with E-state index in [9.17, 15) is 9.59 Å². The number of benzene rings is 1. The minimum Gasteiger partial charge on any atom is -0.515 e. The average Bonchev–Trinajstić information content (AvgIpc) is 2.58. The Morgan fingerprint density at radius 3 is 2.61 bits per heavy atom. The van der Waals surface area contributed by atoms with Crippen LogP contribution in [0, 0.1) is 0 Å². The number of carbonyl (C=O) groups is 2. The monoisotopic (exact) mass is 313 g/mol. The highest BCUT2D eigenvalue weighted by Gasteiger charge is 2.07. The molecule has 1 aromatic rings. The summed E-state index contributed by atoms with van der Waals surface area (Å²) in [4.78, 5) is 25.9. The van der Waals surface area contributed by atoms with Gasteiger partial charge in [-0.1, -0.05) is 0 Å². The van der Waals surface area contributed by atoms with Crippen molar-refractivity contribution in [3.8, 4) is 0 Å². The lowest BCUT2D eigenvalue weighted by atomic mass is 10.1. The topological polar surface area (TPSA) is 90.8 Å². The van der Waals surface area contributed by atoms with Crippen LogP contribution in [0.5, 0.6) is 0 Å². The van der Waals surface area contributed by atoms with E-state index in [1.807, 2.05) is 0 Å². The third-order valence-electron chi connectivity index (χ3n) is 2.89. The van der Waals surface area contributed by atoms with Crippen molar-refractivity contribution in [2.75, 3.05) is 19.4 Å². The van der Waals surface area contributed by atoms with E-state index in [-0.39, 0.29) is 5.57 Å². The molecule has 1 rings (SSSR count). The largest absolute Gasteiger partial charge is 0.515 e. The Balaban J connectivity index is 3.21. The lowest BCUT2D eigenvalue weighted by molar-refractivity contribution is -0.104. The molecule has 0 saturated heterocycles. The smallest absolute Gasteiger partial charge is 0.155 e. The highest BCUT2D eigenvalue weighted by Crippen LogP contribution is 2.19. The molecule has 0 atom stereocenters. The summed E-state index contributed by atoms with van der Waals surface area (Å²) in [5.74, 6) is 0. The van der Waals surface area contributed by atoms with Gasteiger partial charge in [0.1, 0.15) is 0 Å². The van der Waals surface area contributed by atoms with E-state index < -0.39 is 0 Å². The quantitative estimate of drug-likeness (QED) is 0.225. The minimum absolute atomic E-state index is 0.0803. The van der Waals surface area contributed by atoms with Crippen LogP contribution in [0.4, 0.5) is 5.69 Å². The molecule has 6 heteroatoms. The van der Waals surface area contributed by atoms with Gasteiger partial charge in [-0.3, -0.25) is 14.6 Å². The van der Waals surface area contributed by atoms with Crippen molar-refractivity contribution in [1.29, 1.82) is 0 Å². The van der Waals surface area contributed by atoms with Crippen LogP contribution in [0.3, 0.4) is 0 Å². The number of carbonyl (C=O) groups excluding carboxylic acids is 2. The molecule has 0 bridgehead atoms. The van der Waals surface area contributed by atoms with Crippen LogP contribution in [0.25, 0.3) is 6.08 Å². The summed E-state index contributed by atoms with van der Waals surface area (Å²) in [6.45, 7) is 0. The lowest BCUT2D eigenvalue weighted by Gasteiger charge is -2.11. The zero-order valence-corrected chi connectivity index (χ0v) is 13.0. The molecule has 0 aromatic heterocycles. The lowest BCUT2D eigenvalue weighted by Crippen LogP contribution is -2.05. The van der Waals surface area contributed by atoms with E-state index in [1.165, 1.54) is 6.21 Å². The number of hydrogen-bond donors (Lipinski definition) is 3. The zero-order chi connectivity index (χ0) is 17.1. The molecule has 0 aliphatic heterocycles. The predicted molar refractivity (Wildman–Crippen MR) is 92.8 cm³/mol. The van der Waals surface area contributed by atoms with Gasteiger partial charge in [-0.15, -0.1) is 0 Å². The molecule has 0 heterocycles. The molecule has 0 aliphatic rings. The Labute approximate surface area is 134 Å². The summed E-state index contributed by atoms with van der Waals surface area (Å²) < 4.78 is 0. The molecule has 6 nitrogen and oxygen atoms in total. The molecule has 3 N–H and O–H groups in total. The van der Waals surface area contributed by atoms with E-state index in [2.05, 4.69) is 15.6 Å². The van der Waals surface area contributed by atoms with Crippen molar-refractivity contribution in [3.63, 3.8) is 0 Å². The van der Waals surface area contributed by atoms with Crippen molar-refractivity contribution in [2.24, 2.45) is 4.99 Å². The van der Waals surface area contributed by atoms with Gasteiger partial charge >= 0.3 is 0 Å². The first kappa shape index (κ1) is 17.9. The summed E-state index contributed by atoms with van der Waals surface area (Å²) in [7, 11) is 3.35. The second kappa shape index (κ2) is 9.73. The van der Waals surface area contributed by atoms with E-state index in [0.29, 0.717) is 28.8 Å². The van der Waals surface area contributed by atoms with Crippen molar-refractivity contribution in [3.05, 3.63) is 59.1 Å². The first-order valence-electron chi connectivity index (χ1n) is 6.82. The fraction of sp³-hybridized carbons (Fsp3) is 0.118. The first-order chi connectivity index (χ1) is 11.2. The Bertz CT molecular complexity index is 674. The van der Waals surface area contributed by atoms with Crippen LogP contribution in [-0.2, 0) is 4.79 Å². The number of nitrogens with zero attached hydrogens (tertiary/aromatic N) is 1. The van der Waals surface area contributed by atoms with Crippen LogP contribution in [0.2, 0.25) is 0 Å². The number of aldehydes is 2. The third kappa shape index (κ3) is 5.28. The highest BCUT2D eigenvalue weighted by molar-refractivity contribution is 5.87. The van der Waals surface area contributed by atoms with Gasteiger partial charge in [-0.05, 0) is 42.1 Å². The third-order valence-corrected chi connectivity index (χ3v) is 2.89. The number of anilines is 1. The maximum absolute atomic E-state index is 11.1. The minimum atomic E-state index is 0.0803. The average molecular weight is 313 g/mol. The Morgan fingerprint density at radius 1 is 1.26 bits per heavy atom. The van der Waals surface area contributed by atoms with Gasteiger partial charge in [0.2, 0.25) is 0 Å². The molecule has 120 valence electrons. The Hall–Kier alpha value is -3.15. The van der Waals surface area contributed by atoms with Crippen LogP contribution < -0.4 is 10.6 Å². The number of hydrogen-bond acceptors (Lipinski definition) is 6. The summed E-state index contributed by atoms with van der Waals surface area (Å²) in [6, 6.07) is 5.13. The van der Waals surface area contributed by atoms with Gasteiger partial charge < -0.3 is 15.7 Å². The van der Waals surface area contributed by atoms with Crippen molar-refractivity contribution in [2.45, 2.75) is 0 Å². The molecule has 23 heavy (non-hydrogen) atoms. The fourth-order valence-electron chi connectivity index (χ4n) is 1.76. The molecular weight excluding hydrogens is 294 g/mol. The summed E-state index contributed by atoms with van der Waals surface area (Å²) in [5, 5.41) is 15.0. The molecule has 0 unspecified atom stereocenters. The zero-order valence-electron chi connectivity index (χ0n) is 13.0. The molecule has 0 amide bonds. The number of aliphatic hydroxyl groups is 1. The van der Waals surface area contributed by atoms with Crippen molar-refractivity contribution >= 4 is 30.6 Å². The van der Waals surface area contributed by atoms with Crippen molar-refractivity contribution < 1.29 is 14.7 Å². The van der Waals surface area contributed by atoms with Crippen LogP contribution in [-0.4, -0.2) is 38.0 Å². The van der Waals surface area contributed by atoms with Gasteiger partial charge in [-0.2, -0.15) is 0 Å². The highest BCUT2D eigenvalue weighted by atomic mass is 16.2. The van der Waals surface area contributed by atoms with Gasteiger partial charge in [-0.25, -0.2) is 0 Å². The van der Waals surface area contributed by atoms with Crippen LogP contribution >= 0.6 is 0 Å². The molecule has 0 saturated carbocycles. The van der Waals surface area contributed by atoms with E-state index >= 15 is 0 Å². The van der Waals surface area contributed by atoms with E-state index in [0.717, 1.165) is 12.5 Å². The number of nitrogens with one attached hydrogen (secondary N) is 2. The van der Waals surface area contributed by atoms with Crippen LogP contribution in [0.1, 0.15) is 15.9 Å². The first-order valence-corrected chi connectivity index (χ1v) is 6.82. The number of allylic oxidation sites excluding steroid dienone is 2. The second-order valence-electron chi connectivity index (χ2n) is 4.40. The fourth-order valence-corrected chi connectivity index (χ4v) is 1.76. The Kier molecular flexibility index (Phi) is 7.57. The number of aliphatic imine (C=N–C) groups is 1. The molecule has 0 radical (unpaired) electrons. The van der Waals surface area contributed by atoms with E-state index in [1.54, 1.807) is 50.6 Å². The van der Waals surface area contributed by atoms with Gasteiger partial charge in [0.25, 0.3) is 0 Å². The summed E-state index contributed by atoms with van der Waals surface area (Å²) in [6.07, 6.45) is 8.54. The predicted octanol–water partition coefficient (Wildman–Crippen LogP) is 2.33. The normalized spacial score (nSPS) is 12.6.